The van der Waals surface area contributed by atoms with E-state index in [1.165, 1.54) is 43.3 Å². The molecule has 0 radical (unpaired) electrons. The summed E-state index contributed by atoms with van der Waals surface area (Å²) in [6.07, 6.45) is 0.655. The first-order valence-corrected chi connectivity index (χ1v) is 11.9. The molecule has 0 aliphatic heterocycles. The summed E-state index contributed by atoms with van der Waals surface area (Å²) in [5.74, 6) is -1.75. The van der Waals surface area contributed by atoms with Crippen LogP contribution in [0.5, 0.6) is 17.2 Å². The molecule has 38 heavy (non-hydrogen) atoms. The number of hydrogen-bond donors (Lipinski definition) is 2. The van der Waals surface area contributed by atoms with Gasteiger partial charge in [0.15, 0.2) is 11.6 Å². The molecule has 3 rings (SSSR count). The van der Waals surface area contributed by atoms with Gasteiger partial charge in [0.05, 0.1) is 5.39 Å². The van der Waals surface area contributed by atoms with E-state index in [4.69, 9.17) is 18.6 Å². The average Bonchev–Trinajstić information content (AvgIpc) is 2.83. The molecular formula is C27H29FN2O8. The minimum absolute atomic E-state index is 0.00551. The van der Waals surface area contributed by atoms with E-state index in [-0.39, 0.29) is 41.2 Å². The van der Waals surface area contributed by atoms with E-state index in [1.807, 2.05) is 0 Å². The van der Waals surface area contributed by atoms with Crippen molar-refractivity contribution in [3.05, 3.63) is 64.8 Å². The number of alkyl carbamates (subject to hydrolysis) is 1. The fourth-order valence-electron chi connectivity index (χ4n) is 3.20. The van der Waals surface area contributed by atoms with Gasteiger partial charge in [0.2, 0.25) is 17.1 Å². The van der Waals surface area contributed by atoms with E-state index in [0.717, 1.165) is 6.26 Å². The molecule has 0 aliphatic carbocycles. The van der Waals surface area contributed by atoms with Crippen LogP contribution in [-0.4, -0.2) is 36.2 Å². The SMILES string of the molecule is C[C@@H](NC(=O)OC(C)(C)C)C(=O)NCCCC(=O)Oc1ccc2c(=O)c(Oc3ccccc3F)coc2c1. The smallest absolute Gasteiger partial charge is 0.408 e. The number of carbonyl (C=O) groups is 3. The molecule has 1 heterocycles. The predicted molar refractivity (Wildman–Crippen MR) is 136 cm³/mol. The molecule has 2 amide bonds. The first-order valence-electron chi connectivity index (χ1n) is 11.9. The number of benzene rings is 2. The molecule has 10 nitrogen and oxygen atoms in total. The maximum atomic E-state index is 13.8. The van der Waals surface area contributed by atoms with Crippen molar-refractivity contribution in [1.29, 1.82) is 0 Å². The zero-order valence-corrected chi connectivity index (χ0v) is 21.5. The summed E-state index contributed by atoms with van der Waals surface area (Å²) >= 11 is 0. The van der Waals surface area contributed by atoms with Crippen molar-refractivity contribution >= 4 is 28.9 Å². The van der Waals surface area contributed by atoms with Gasteiger partial charge in [0.1, 0.15) is 29.2 Å². The third kappa shape index (κ3) is 8.05. The highest BCUT2D eigenvalue weighted by Gasteiger charge is 2.21. The van der Waals surface area contributed by atoms with Crippen LogP contribution in [0.25, 0.3) is 11.0 Å². The van der Waals surface area contributed by atoms with Crippen molar-refractivity contribution in [2.24, 2.45) is 0 Å². The Morgan fingerprint density at radius 3 is 2.53 bits per heavy atom. The third-order valence-corrected chi connectivity index (χ3v) is 4.99. The van der Waals surface area contributed by atoms with Crippen molar-refractivity contribution < 1.29 is 37.4 Å². The van der Waals surface area contributed by atoms with E-state index >= 15 is 0 Å². The molecule has 202 valence electrons. The van der Waals surface area contributed by atoms with Gasteiger partial charge in [-0.2, -0.15) is 0 Å². The molecule has 0 saturated carbocycles. The monoisotopic (exact) mass is 528 g/mol. The minimum Gasteiger partial charge on any atom is -0.460 e. The zero-order valence-electron chi connectivity index (χ0n) is 21.5. The van der Waals surface area contributed by atoms with Crippen molar-refractivity contribution in [2.75, 3.05) is 6.54 Å². The predicted octanol–water partition coefficient (Wildman–Crippen LogP) is 4.44. The van der Waals surface area contributed by atoms with Crippen molar-refractivity contribution in [2.45, 2.75) is 52.2 Å². The number of fused-ring (bicyclic) bond motifs is 1. The molecule has 0 saturated heterocycles. The Morgan fingerprint density at radius 2 is 1.82 bits per heavy atom. The van der Waals surface area contributed by atoms with Gasteiger partial charge >= 0.3 is 12.1 Å². The Balaban J connectivity index is 1.48. The van der Waals surface area contributed by atoms with E-state index in [9.17, 15) is 23.6 Å². The molecule has 11 heteroatoms. The summed E-state index contributed by atoms with van der Waals surface area (Å²) in [5, 5.41) is 5.22. The van der Waals surface area contributed by atoms with Gasteiger partial charge in [-0.1, -0.05) is 12.1 Å². The topological polar surface area (TPSA) is 133 Å². The highest BCUT2D eigenvalue weighted by molar-refractivity contribution is 5.85. The molecule has 2 aromatic carbocycles. The number of hydrogen-bond acceptors (Lipinski definition) is 8. The van der Waals surface area contributed by atoms with Crippen LogP contribution in [0, 0.1) is 5.82 Å². The lowest BCUT2D eigenvalue weighted by molar-refractivity contribution is -0.134. The van der Waals surface area contributed by atoms with Crippen molar-refractivity contribution in [3.8, 4) is 17.2 Å². The molecule has 0 aliphatic rings. The number of carbonyl (C=O) groups excluding carboxylic acids is 3. The van der Waals surface area contributed by atoms with E-state index < -0.39 is 40.9 Å². The minimum atomic E-state index is -0.818. The highest BCUT2D eigenvalue weighted by atomic mass is 19.1. The van der Waals surface area contributed by atoms with E-state index in [2.05, 4.69) is 10.6 Å². The number of ether oxygens (including phenoxy) is 3. The summed E-state index contributed by atoms with van der Waals surface area (Å²) < 4.78 is 35.0. The number of halogens is 1. The van der Waals surface area contributed by atoms with Crippen LogP contribution >= 0.6 is 0 Å². The van der Waals surface area contributed by atoms with Crippen molar-refractivity contribution in [3.63, 3.8) is 0 Å². The average molecular weight is 529 g/mol. The lowest BCUT2D eigenvalue weighted by atomic mass is 10.2. The Kier molecular flexibility index (Phi) is 9.06. The molecule has 3 aromatic rings. The summed E-state index contributed by atoms with van der Waals surface area (Å²) in [6.45, 7) is 6.84. The van der Waals surface area contributed by atoms with Gasteiger partial charge in [0, 0.05) is 19.0 Å². The molecule has 1 atom stereocenters. The summed E-state index contributed by atoms with van der Waals surface area (Å²) in [7, 11) is 0. The summed E-state index contributed by atoms with van der Waals surface area (Å²) in [6, 6.07) is 9.06. The molecule has 0 bridgehead atoms. The number of esters is 1. The second-order valence-electron chi connectivity index (χ2n) is 9.36. The number of rotatable bonds is 9. The fourth-order valence-corrected chi connectivity index (χ4v) is 3.20. The Hall–Kier alpha value is -4.41. The second kappa shape index (κ2) is 12.2. The number of nitrogens with one attached hydrogen (secondary N) is 2. The highest BCUT2D eigenvalue weighted by Crippen LogP contribution is 2.25. The van der Waals surface area contributed by atoms with Gasteiger partial charge in [0.25, 0.3) is 0 Å². The molecule has 2 N–H and O–H groups in total. The van der Waals surface area contributed by atoms with Crippen LogP contribution in [0.2, 0.25) is 0 Å². The van der Waals surface area contributed by atoms with E-state index in [0.29, 0.717) is 6.42 Å². The molecular weight excluding hydrogens is 499 g/mol. The Labute approximate surface area is 218 Å². The maximum absolute atomic E-state index is 13.8. The van der Waals surface area contributed by atoms with Crippen LogP contribution in [-0.2, 0) is 14.3 Å². The largest absolute Gasteiger partial charge is 0.460 e. The van der Waals surface area contributed by atoms with Gasteiger partial charge in [-0.15, -0.1) is 0 Å². The van der Waals surface area contributed by atoms with Crippen LogP contribution < -0.4 is 25.5 Å². The normalized spacial score (nSPS) is 11.9. The molecule has 0 unspecified atom stereocenters. The summed E-state index contributed by atoms with van der Waals surface area (Å²) in [5.41, 5.74) is -1.05. The molecule has 0 spiro atoms. The second-order valence-corrected chi connectivity index (χ2v) is 9.36. The van der Waals surface area contributed by atoms with Gasteiger partial charge in [-0.3, -0.25) is 14.4 Å². The lowest BCUT2D eigenvalue weighted by Gasteiger charge is -2.21. The van der Waals surface area contributed by atoms with Crippen LogP contribution in [0.15, 0.2) is 57.9 Å². The molecule has 1 aromatic heterocycles. The number of para-hydroxylation sites is 1. The maximum Gasteiger partial charge on any atom is 0.408 e. The Morgan fingerprint density at radius 1 is 1.08 bits per heavy atom. The number of amides is 2. The quantitative estimate of drug-likeness (QED) is 0.237. The van der Waals surface area contributed by atoms with Gasteiger partial charge in [-0.05, 0) is 58.4 Å². The zero-order chi connectivity index (χ0) is 27.9. The standard InChI is InChI=1S/C27H29FN2O8/c1-16(30-26(34)38-27(2,3)4)25(33)29-13-7-10-23(31)36-17-11-12-18-21(14-17)35-15-22(24(18)32)37-20-9-6-5-8-19(20)28/h5-6,8-9,11-12,14-16H,7,10,13H2,1-4H3,(H,29,33)(H,30,34)/t16-/m1/s1. The first kappa shape index (κ1) is 28.2. The molecule has 0 fully saturated rings. The Bertz CT molecular complexity index is 1380. The van der Waals surface area contributed by atoms with Gasteiger partial charge < -0.3 is 29.3 Å². The summed E-state index contributed by atoms with van der Waals surface area (Å²) in [4.78, 5) is 48.8. The van der Waals surface area contributed by atoms with Gasteiger partial charge in [-0.25, -0.2) is 9.18 Å². The van der Waals surface area contributed by atoms with Crippen molar-refractivity contribution in [1.82, 2.24) is 10.6 Å². The first-order chi connectivity index (χ1) is 17.9. The lowest BCUT2D eigenvalue weighted by Crippen LogP contribution is -2.46. The van der Waals surface area contributed by atoms with E-state index in [1.54, 1.807) is 26.8 Å². The third-order valence-electron chi connectivity index (χ3n) is 4.99. The fraction of sp³-hybridized carbons (Fsp3) is 0.333. The van der Waals surface area contributed by atoms with Crippen LogP contribution in [0.3, 0.4) is 0 Å². The van der Waals surface area contributed by atoms with Crippen LogP contribution in [0.4, 0.5) is 9.18 Å². The van der Waals surface area contributed by atoms with Crippen LogP contribution in [0.1, 0.15) is 40.5 Å².